The first-order valence-electron chi connectivity index (χ1n) is 17.2. The van der Waals surface area contributed by atoms with Crippen LogP contribution < -0.4 is 0 Å². The fraction of sp³-hybridized carbons (Fsp3) is 1.00. The molecule has 0 aliphatic carbocycles. The lowest BCUT2D eigenvalue weighted by atomic mass is 10.1. The predicted molar refractivity (Wildman–Crippen MR) is 177 cm³/mol. The first kappa shape index (κ1) is 36.9. The second-order valence-electron chi connectivity index (χ2n) is 12.1. The van der Waals surface area contributed by atoms with E-state index in [4.69, 9.17) is 0 Å². The van der Waals surface area contributed by atoms with Crippen LogP contribution in [0.5, 0.6) is 0 Å². The molecule has 0 aliphatic heterocycles. The molecule has 0 nitrogen and oxygen atoms in total. The van der Waals surface area contributed by atoms with Crippen molar-refractivity contribution in [3.05, 3.63) is 0 Å². The Kier molecular flexibility index (Phi) is 31.2. The van der Waals surface area contributed by atoms with Crippen molar-refractivity contribution in [1.82, 2.24) is 0 Å². The van der Waals surface area contributed by atoms with E-state index in [0.29, 0.717) is 0 Å². The molecule has 2 heteroatoms. The fourth-order valence-corrected chi connectivity index (χ4v) is 11.3. The van der Waals surface area contributed by atoms with E-state index in [1.54, 1.807) is 50.3 Å². The summed E-state index contributed by atoms with van der Waals surface area (Å²) in [5.74, 6) is 0. The highest BCUT2D eigenvalue weighted by atomic mass is 79.9. The lowest BCUT2D eigenvalue weighted by molar-refractivity contribution is 0.586. The summed E-state index contributed by atoms with van der Waals surface area (Å²) in [6.07, 6.45) is 45.0. The van der Waals surface area contributed by atoms with Gasteiger partial charge in [-0.05, 0) is 57.8 Å². The van der Waals surface area contributed by atoms with Crippen LogP contribution in [-0.2, 0) is 0 Å². The zero-order chi connectivity index (χ0) is 26.4. The molecule has 218 valence electrons. The van der Waals surface area contributed by atoms with Crippen LogP contribution in [0.25, 0.3) is 0 Å². The van der Waals surface area contributed by atoms with Gasteiger partial charge in [0.25, 0.3) is 0 Å². The minimum Gasteiger partial charge on any atom is -0.0928 e. The molecule has 0 saturated heterocycles. The normalized spacial score (nSPS) is 12.0. The topological polar surface area (TPSA) is 0 Å². The second-order valence-corrected chi connectivity index (χ2v) is 17.3. The third-order valence-electron chi connectivity index (χ3n) is 8.47. The summed E-state index contributed by atoms with van der Waals surface area (Å²) in [4.78, 5) is 0. The molecule has 0 spiro atoms. The van der Waals surface area contributed by atoms with Gasteiger partial charge in [0.2, 0.25) is 0 Å². The molecule has 0 atom stereocenters. The molecule has 0 heterocycles. The molecule has 0 rings (SSSR count). The molecule has 0 saturated carbocycles. The van der Waals surface area contributed by atoms with Crippen molar-refractivity contribution in [3.63, 3.8) is 0 Å². The highest BCUT2D eigenvalue weighted by molar-refractivity contribution is 9.09. The van der Waals surface area contributed by atoms with Gasteiger partial charge < -0.3 is 0 Å². The monoisotopic (exact) mass is 589 g/mol. The summed E-state index contributed by atoms with van der Waals surface area (Å²) in [7, 11) is -0.739. The Hall–Kier alpha value is 0.910. The molecule has 0 aliphatic rings. The van der Waals surface area contributed by atoms with Crippen molar-refractivity contribution in [3.8, 4) is 0 Å². The van der Waals surface area contributed by atoms with Crippen LogP contribution in [0.1, 0.15) is 188 Å². The second kappa shape index (κ2) is 30.5. The predicted octanol–water partition coefficient (Wildman–Crippen LogP) is 13.6. The van der Waals surface area contributed by atoms with Crippen molar-refractivity contribution in [2.45, 2.75) is 188 Å². The highest BCUT2D eigenvalue weighted by Crippen LogP contribution is 2.61. The maximum Gasteiger partial charge on any atom is 0.0594 e. The maximum absolute atomic E-state index is 3.57. The summed E-state index contributed by atoms with van der Waals surface area (Å²) < 4.78 is 0. The van der Waals surface area contributed by atoms with Gasteiger partial charge in [0, 0.05) is 12.6 Å². The van der Waals surface area contributed by atoms with Crippen molar-refractivity contribution in [2.75, 3.05) is 30.0 Å². The summed E-state index contributed by atoms with van der Waals surface area (Å²) in [5, 5.41) is 1.19. The summed E-state index contributed by atoms with van der Waals surface area (Å²) in [6.45, 7) is 7.04. The molecule has 36 heavy (non-hydrogen) atoms. The van der Waals surface area contributed by atoms with Gasteiger partial charge in [-0.15, -0.1) is 0 Å². The van der Waals surface area contributed by atoms with Gasteiger partial charge in [0.1, 0.15) is 0 Å². The third-order valence-corrected chi connectivity index (χ3v) is 14.1. The van der Waals surface area contributed by atoms with E-state index in [2.05, 4.69) is 36.7 Å². The fourth-order valence-electron chi connectivity index (χ4n) is 5.96. The van der Waals surface area contributed by atoms with Crippen LogP contribution in [0.15, 0.2) is 0 Å². The van der Waals surface area contributed by atoms with Gasteiger partial charge in [-0.25, -0.2) is 0 Å². The molecule has 0 unspecified atom stereocenters. The number of rotatable bonds is 31. The maximum atomic E-state index is 3.57. The summed E-state index contributed by atoms with van der Waals surface area (Å²) >= 11 is 3.57. The van der Waals surface area contributed by atoms with Crippen molar-refractivity contribution in [2.24, 2.45) is 0 Å². The molecule has 0 amide bonds. The Bertz CT molecular complexity index is 356. The van der Waals surface area contributed by atoms with E-state index in [1.807, 2.05) is 0 Å². The Morgan fingerprint density at radius 3 is 0.778 bits per heavy atom. The van der Waals surface area contributed by atoms with Crippen LogP contribution >= 0.6 is 23.2 Å². The largest absolute Gasteiger partial charge is 0.0928 e. The molecule has 0 aromatic carbocycles. The zero-order valence-electron chi connectivity index (χ0n) is 25.7. The number of hydrogen-bond acceptors (Lipinski definition) is 0. The van der Waals surface area contributed by atoms with E-state index in [9.17, 15) is 0 Å². The van der Waals surface area contributed by atoms with E-state index in [0.717, 1.165) is 0 Å². The zero-order valence-corrected chi connectivity index (χ0v) is 28.2. The average molecular weight is 591 g/mol. The third kappa shape index (κ3) is 25.2. The van der Waals surface area contributed by atoms with Crippen LogP contribution in [0.3, 0.4) is 0 Å². The number of halogens is 1. The van der Waals surface area contributed by atoms with E-state index < -0.39 is 7.26 Å². The Labute approximate surface area is 240 Å². The molecule has 0 fully saturated rings. The number of hydrogen-bond donors (Lipinski definition) is 0. The van der Waals surface area contributed by atoms with Gasteiger partial charge in [-0.3, -0.25) is 0 Å². The smallest absolute Gasteiger partial charge is 0.0594 e. The van der Waals surface area contributed by atoms with Crippen LogP contribution in [0, 0.1) is 0 Å². The Morgan fingerprint density at radius 2 is 0.528 bits per heavy atom. The molecule has 0 aromatic heterocycles. The minimum atomic E-state index is -0.739. The van der Waals surface area contributed by atoms with Gasteiger partial charge in [0.05, 0.1) is 24.6 Å². The minimum absolute atomic E-state index is 0.739. The number of unbranched alkanes of at least 4 members (excludes halogenated alkanes) is 22. The first-order chi connectivity index (χ1) is 17.7. The molecule has 0 N–H and O–H groups in total. The van der Waals surface area contributed by atoms with Gasteiger partial charge >= 0.3 is 0 Å². The van der Waals surface area contributed by atoms with Gasteiger partial charge in [-0.2, -0.15) is 0 Å². The molecule has 0 aromatic rings. The van der Waals surface area contributed by atoms with Gasteiger partial charge in [0.15, 0.2) is 0 Å². The number of alkyl halides is 1. The standard InChI is InChI=1S/C34H71BrP/c1-4-7-10-13-21-26-31-36(32-27-22-14-11-8-5-2,33-28-23-15-12-9-6-3)34-29-24-19-17-16-18-20-25-30-35/h4-34H2,1-3H3/q+1. The van der Waals surface area contributed by atoms with Crippen molar-refractivity contribution >= 4 is 23.2 Å². The average Bonchev–Trinajstić information content (AvgIpc) is 2.89. The summed E-state index contributed by atoms with van der Waals surface area (Å²) in [6, 6.07) is 0. The quantitative estimate of drug-likeness (QED) is 0.0428. The van der Waals surface area contributed by atoms with Crippen molar-refractivity contribution < 1.29 is 0 Å². The van der Waals surface area contributed by atoms with Crippen LogP contribution in [-0.4, -0.2) is 30.0 Å². The molecular weight excluding hydrogens is 519 g/mol. The lowest BCUT2D eigenvalue weighted by Gasteiger charge is -2.28. The highest BCUT2D eigenvalue weighted by Gasteiger charge is 2.34. The van der Waals surface area contributed by atoms with E-state index in [-0.39, 0.29) is 0 Å². The summed E-state index contributed by atoms with van der Waals surface area (Å²) in [5.41, 5.74) is 0. The molecule has 0 radical (unpaired) electrons. The van der Waals surface area contributed by atoms with Crippen molar-refractivity contribution in [1.29, 1.82) is 0 Å². The molecule has 0 bridgehead atoms. The van der Waals surface area contributed by atoms with Crippen LogP contribution in [0.4, 0.5) is 0 Å². The molecular formula is C34H71BrP+. The van der Waals surface area contributed by atoms with E-state index >= 15 is 0 Å². The SMILES string of the molecule is CCCCCCCC[P+](CCCCCCCC)(CCCCCCCC)CCCCCCCCCCBr. The first-order valence-corrected chi connectivity index (χ1v) is 20.8. The Morgan fingerprint density at radius 1 is 0.306 bits per heavy atom. The Balaban J connectivity index is 4.72. The van der Waals surface area contributed by atoms with Crippen LogP contribution in [0.2, 0.25) is 0 Å². The van der Waals surface area contributed by atoms with Gasteiger partial charge in [-0.1, -0.05) is 146 Å². The lowest BCUT2D eigenvalue weighted by Crippen LogP contribution is -2.13. The van der Waals surface area contributed by atoms with E-state index in [1.165, 1.54) is 147 Å².